The molecule has 1 rings (SSSR count). The topological polar surface area (TPSA) is 38.0 Å². The Labute approximate surface area is 82.9 Å². The molecule has 80 valence electrons. The lowest BCUT2D eigenvalue weighted by atomic mass is 10.5. The minimum absolute atomic E-state index is 0.226. The maximum absolute atomic E-state index is 11.9. The predicted molar refractivity (Wildman–Crippen MR) is 45.9 cm³/mol. The molecule has 14 heavy (non-hydrogen) atoms. The predicted octanol–water partition coefficient (Wildman–Crippen LogP) is 1.57. The smallest absolute Gasteiger partial charge is 0.390 e. The van der Waals surface area contributed by atoms with Crippen molar-refractivity contribution in [2.75, 3.05) is 5.75 Å². The summed E-state index contributed by atoms with van der Waals surface area (Å²) in [5.74, 6) is -0.970. The highest BCUT2D eigenvalue weighted by Crippen LogP contribution is 2.26. The number of alkyl halides is 3. The number of imidazole rings is 1. The van der Waals surface area contributed by atoms with Gasteiger partial charge < -0.3 is 9.67 Å². The number of halogens is 3. The zero-order chi connectivity index (χ0) is 10.8. The van der Waals surface area contributed by atoms with E-state index in [4.69, 9.17) is 5.11 Å². The van der Waals surface area contributed by atoms with Crippen LogP contribution >= 0.6 is 11.8 Å². The van der Waals surface area contributed by atoms with Gasteiger partial charge in [0.25, 0.3) is 0 Å². The fourth-order valence-corrected chi connectivity index (χ4v) is 1.58. The van der Waals surface area contributed by atoms with Gasteiger partial charge in [-0.15, -0.1) is 0 Å². The van der Waals surface area contributed by atoms with Crippen LogP contribution in [0, 0.1) is 0 Å². The summed E-state index contributed by atoms with van der Waals surface area (Å²) in [4.78, 5) is 3.76. The lowest BCUT2D eigenvalue weighted by Gasteiger charge is -2.06. The van der Waals surface area contributed by atoms with E-state index in [0.717, 1.165) is 0 Å². The molecule has 0 aromatic carbocycles. The molecule has 1 aromatic heterocycles. The molecule has 0 fully saturated rings. The van der Waals surface area contributed by atoms with E-state index in [1.54, 1.807) is 7.05 Å². The molecular weight excluding hydrogens is 217 g/mol. The highest BCUT2D eigenvalue weighted by molar-refractivity contribution is 7.99. The van der Waals surface area contributed by atoms with Gasteiger partial charge in [0.05, 0.1) is 24.3 Å². The van der Waals surface area contributed by atoms with E-state index in [1.165, 1.54) is 10.8 Å². The lowest BCUT2D eigenvalue weighted by molar-refractivity contribution is -0.105. The average Bonchev–Trinajstić information content (AvgIpc) is 2.42. The van der Waals surface area contributed by atoms with Gasteiger partial charge in [0.1, 0.15) is 0 Å². The second kappa shape index (κ2) is 4.22. The molecular formula is C7H9F3N2OS. The first-order valence-electron chi connectivity index (χ1n) is 3.75. The average molecular weight is 226 g/mol. The van der Waals surface area contributed by atoms with Gasteiger partial charge in [0.2, 0.25) is 0 Å². The van der Waals surface area contributed by atoms with Crippen molar-refractivity contribution in [2.24, 2.45) is 7.05 Å². The highest BCUT2D eigenvalue weighted by atomic mass is 32.2. The SMILES string of the molecule is Cn1c(CO)cnc1SCC(F)(F)F. The highest BCUT2D eigenvalue weighted by Gasteiger charge is 2.28. The third kappa shape index (κ3) is 2.91. The van der Waals surface area contributed by atoms with Crippen LogP contribution in [0.1, 0.15) is 5.69 Å². The van der Waals surface area contributed by atoms with Crippen LogP contribution in [0.3, 0.4) is 0 Å². The number of hydrogen-bond acceptors (Lipinski definition) is 3. The molecule has 0 aliphatic rings. The Morgan fingerprint density at radius 1 is 1.57 bits per heavy atom. The van der Waals surface area contributed by atoms with Crippen LogP contribution in [0.4, 0.5) is 13.2 Å². The lowest BCUT2D eigenvalue weighted by Crippen LogP contribution is -2.11. The molecule has 0 amide bonds. The molecule has 1 N–H and O–H groups in total. The minimum Gasteiger partial charge on any atom is -0.390 e. The number of aliphatic hydroxyl groups is 1. The van der Waals surface area contributed by atoms with E-state index < -0.39 is 11.9 Å². The number of aliphatic hydroxyl groups excluding tert-OH is 1. The molecule has 0 saturated heterocycles. The van der Waals surface area contributed by atoms with Gasteiger partial charge in [0, 0.05) is 7.05 Å². The van der Waals surface area contributed by atoms with Crippen molar-refractivity contribution in [3.8, 4) is 0 Å². The molecule has 1 heterocycles. The summed E-state index contributed by atoms with van der Waals surface area (Å²) in [6.45, 7) is -0.226. The van der Waals surface area contributed by atoms with Crippen molar-refractivity contribution in [3.63, 3.8) is 0 Å². The molecule has 7 heteroatoms. The Morgan fingerprint density at radius 2 is 2.21 bits per heavy atom. The molecule has 1 aromatic rings. The first-order chi connectivity index (χ1) is 6.44. The van der Waals surface area contributed by atoms with Crippen LogP contribution < -0.4 is 0 Å². The second-order valence-corrected chi connectivity index (χ2v) is 3.60. The molecule has 0 unspecified atom stereocenters. The zero-order valence-electron chi connectivity index (χ0n) is 7.38. The fourth-order valence-electron chi connectivity index (χ4n) is 0.853. The molecule has 0 atom stereocenters. The van der Waals surface area contributed by atoms with Gasteiger partial charge >= 0.3 is 6.18 Å². The maximum atomic E-state index is 11.9. The molecule has 3 nitrogen and oxygen atoms in total. The first-order valence-corrected chi connectivity index (χ1v) is 4.73. The van der Waals surface area contributed by atoms with Crippen LogP contribution in [-0.2, 0) is 13.7 Å². The Morgan fingerprint density at radius 3 is 2.64 bits per heavy atom. The number of thioether (sulfide) groups is 1. The Kier molecular flexibility index (Phi) is 3.43. The van der Waals surface area contributed by atoms with Crippen LogP contribution in [-0.4, -0.2) is 26.6 Å². The maximum Gasteiger partial charge on any atom is 0.398 e. The summed E-state index contributed by atoms with van der Waals surface area (Å²) in [5.41, 5.74) is 0.495. The third-order valence-electron chi connectivity index (χ3n) is 1.57. The van der Waals surface area contributed by atoms with E-state index in [-0.39, 0.29) is 11.8 Å². The summed E-state index contributed by atoms with van der Waals surface area (Å²) in [5, 5.41) is 9.02. The van der Waals surface area contributed by atoms with Crippen molar-refractivity contribution in [2.45, 2.75) is 17.9 Å². The Hall–Kier alpha value is -0.690. The fraction of sp³-hybridized carbons (Fsp3) is 0.571. The second-order valence-electron chi connectivity index (χ2n) is 2.65. The van der Waals surface area contributed by atoms with Gasteiger partial charge in [0.15, 0.2) is 5.16 Å². The van der Waals surface area contributed by atoms with E-state index in [2.05, 4.69) is 4.98 Å². The summed E-state index contributed by atoms with van der Waals surface area (Å²) in [6.07, 6.45) is -2.84. The summed E-state index contributed by atoms with van der Waals surface area (Å²) >= 11 is 0.606. The monoisotopic (exact) mass is 226 g/mol. The normalized spacial score (nSPS) is 12.1. The molecule has 0 radical (unpaired) electrons. The van der Waals surface area contributed by atoms with Crippen molar-refractivity contribution in [1.82, 2.24) is 9.55 Å². The van der Waals surface area contributed by atoms with E-state index >= 15 is 0 Å². The summed E-state index contributed by atoms with van der Waals surface area (Å²) in [6, 6.07) is 0. The molecule has 0 saturated carbocycles. The Balaban J connectivity index is 2.64. The molecule has 0 aliphatic carbocycles. The zero-order valence-corrected chi connectivity index (χ0v) is 8.19. The van der Waals surface area contributed by atoms with Gasteiger partial charge in [-0.25, -0.2) is 4.98 Å². The van der Waals surface area contributed by atoms with Crippen LogP contribution in [0.25, 0.3) is 0 Å². The molecule has 0 aliphatic heterocycles. The number of nitrogens with zero attached hydrogens (tertiary/aromatic N) is 2. The van der Waals surface area contributed by atoms with E-state index in [0.29, 0.717) is 17.5 Å². The van der Waals surface area contributed by atoms with Crippen molar-refractivity contribution in [3.05, 3.63) is 11.9 Å². The van der Waals surface area contributed by atoms with Crippen molar-refractivity contribution < 1.29 is 18.3 Å². The summed E-state index contributed by atoms with van der Waals surface area (Å²) in [7, 11) is 1.57. The van der Waals surface area contributed by atoms with Crippen LogP contribution in [0.5, 0.6) is 0 Å². The van der Waals surface area contributed by atoms with Crippen molar-refractivity contribution in [1.29, 1.82) is 0 Å². The van der Waals surface area contributed by atoms with E-state index in [1.807, 2.05) is 0 Å². The van der Waals surface area contributed by atoms with Crippen LogP contribution in [0.15, 0.2) is 11.4 Å². The first kappa shape index (κ1) is 11.4. The van der Waals surface area contributed by atoms with Gasteiger partial charge in [-0.3, -0.25) is 0 Å². The quantitative estimate of drug-likeness (QED) is 0.795. The molecule has 0 spiro atoms. The number of rotatable bonds is 3. The van der Waals surface area contributed by atoms with Crippen LogP contribution in [0.2, 0.25) is 0 Å². The summed E-state index contributed by atoms with van der Waals surface area (Å²) < 4.78 is 37.0. The minimum atomic E-state index is -4.20. The van der Waals surface area contributed by atoms with Gasteiger partial charge in [-0.05, 0) is 0 Å². The largest absolute Gasteiger partial charge is 0.398 e. The standard InChI is InChI=1S/C7H9F3N2OS/c1-12-5(3-13)2-11-6(12)14-4-7(8,9)10/h2,13H,3-4H2,1H3. The molecule has 0 bridgehead atoms. The Bertz CT molecular complexity index is 310. The van der Waals surface area contributed by atoms with Gasteiger partial charge in [-0.2, -0.15) is 13.2 Å². The number of aromatic nitrogens is 2. The van der Waals surface area contributed by atoms with Gasteiger partial charge in [-0.1, -0.05) is 11.8 Å². The number of hydrogen-bond donors (Lipinski definition) is 1. The third-order valence-corrected chi connectivity index (χ3v) is 2.68. The van der Waals surface area contributed by atoms with E-state index in [9.17, 15) is 13.2 Å². The van der Waals surface area contributed by atoms with Crippen molar-refractivity contribution >= 4 is 11.8 Å².